The molecule has 1 aliphatic carbocycles. The van der Waals surface area contributed by atoms with Crippen LogP contribution in [0.4, 0.5) is 19.3 Å². The Labute approximate surface area is 128 Å². The van der Waals surface area contributed by atoms with E-state index in [9.17, 15) is 13.6 Å². The lowest BCUT2D eigenvalue weighted by Gasteiger charge is -2.54. The van der Waals surface area contributed by atoms with Gasteiger partial charge in [-0.15, -0.1) is 0 Å². The van der Waals surface area contributed by atoms with Crippen molar-refractivity contribution in [2.24, 2.45) is 11.3 Å². The lowest BCUT2D eigenvalue weighted by Crippen LogP contribution is -2.67. The van der Waals surface area contributed by atoms with Gasteiger partial charge in [-0.3, -0.25) is 0 Å². The lowest BCUT2D eigenvalue weighted by atomic mass is 9.57. The van der Waals surface area contributed by atoms with Crippen molar-refractivity contribution in [1.29, 1.82) is 0 Å². The molecule has 2 N–H and O–H groups in total. The van der Waals surface area contributed by atoms with Gasteiger partial charge in [-0.1, -0.05) is 26.0 Å². The fourth-order valence-corrected chi connectivity index (χ4v) is 3.68. The van der Waals surface area contributed by atoms with Gasteiger partial charge in [0.1, 0.15) is 0 Å². The smallest absolute Gasteiger partial charge is 0.319 e. The van der Waals surface area contributed by atoms with Gasteiger partial charge in [-0.05, 0) is 18.6 Å². The van der Waals surface area contributed by atoms with Crippen LogP contribution in [0.2, 0.25) is 0 Å². The Morgan fingerprint density at radius 2 is 2.18 bits per heavy atom. The molecule has 120 valence electrons. The number of anilines is 1. The summed E-state index contributed by atoms with van der Waals surface area (Å²) >= 11 is 0. The summed E-state index contributed by atoms with van der Waals surface area (Å²) in [6.45, 7) is 4.87. The molecule has 1 aromatic carbocycles. The van der Waals surface area contributed by atoms with Gasteiger partial charge in [0, 0.05) is 35.2 Å². The number of halogens is 2. The van der Waals surface area contributed by atoms with Gasteiger partial charge >= 0.3 is 6.03 Å². The second kappa shape index (κ2) is 5.50. The van der Waals surface area contributed by atoms with Gasteiger partial charge in [0.05, 0.1) is 6.10 Å². The lowest BCUT2D eigenvalue weighted by molar-refractivity contribution is -0.107. The molecule has 2 amide bonds. The normalized spacial score (nSPS) is 28.9. The van der Waals surface area contributed by atoms with Crippen LogP contribution in [-0.4, -0.2) is 24.8 Å². The fraction of sp³-hybridized carbons (Fsp3) is 0.562. The molecule has 3 rings (SSSR count). The molecule has 0 spiro atoms. The Morgan fingerprint density at radius 1 is 1.41 bits per heavy atom. The second-order valence-electron chi connectivity index (χ2n) is 6.57. The van der Waals surface area contributed by atoms with Crippen molar-refractivity contribution in [3.63, 3.8) is 0 Å². The first-order valence-electron chi connectivity index (χ1n) is 7.47. The first-order chi connectivity index (χ1) is 10.4. The number of urea groups is 1. The molecule has 0 radical (unpaired) electrons. The quantitative estimate of drug-likeness (QED) is 0.897. The van der Waals surface area contributed by atoms with Crippen LogP contribution in [0.5, 0.6) is 0 Å². The summed E-state index contributed by atoms with van der Waals surface area (Å²) in [7, 11) is 0. The zero-order valence-electron chi connectivity index (χ0n) is 12.6. The summed E-state index contributed by atoms with van der Waals surface area (Å²) in [4.78, 5) is 12.1. The number of alkyl halides is 2. The molecule has 1 heterocycles. The zero-order chi connectivity index (χ0) is 15.9. The van der Waals surface area contributed by atoms with Gasteiger partial charge < -0.3 is 15.4 Å². The summed E-state index contributed by atoms with van der Waals surface area (Å²) in [6, 6.07) is 5.40. The number of hydrogen-bond donors (Lipinski definition) is 2. The molecule has 22 heavy (non-hydrogen) atoms. The first kappa shape index (κ1) is 15.2. The highest BCUT2D eigenvalue weighted by Crippen LogP contribution is 2.52. The highest BCUT2D eigenvalue weighted by Gasteiger charge is 2.59. The largest absolute Gasteiger partial charge is 0.377 e. The van der Waals surface area contributed by atoms with Crippen molar-refractivity contribution in [3.05, 3.63) is 29.8 Å². The van der Waals surface area contributed by atoms with Crippen LogP contribution in [0.1, 0.15) is 32.3 Å². The number of amides is 2. The van der Waals surface area contributed by atoms with Crippen LogP contribution in [0, 0.1) is 11.3 Å². The third kappa shape index (κ3) is 2.56. The molecule has 3 atom stereocenters. The molecule has 0 bridgehead atoms. The minimum Gasteiger partial charge on any atom is -0.377 e. The number of benzene rings is 1. The van der Waals surface area contributed by atoms with E-state index in [2.05, 4.69) is 24.5 Å². The summed E-state index contributed by atoms with van der Waals surface area (Å²) in [5, 5.41) is 5.59. The van der Waals surface area contributed by atoms with E-state index in [4.69, 9.17) is 4.74 Å². The van der Waals surface area contributed by atoms with Crippen LogP contribution in [-0.2, 0) is 4.74 Å². The maximum atomic E-state index is 12.7. The van der Waals surface area contributed by atoms with Crippen LogP contribution in [0.25, 0.3) is 0 Å². The van der Waals surface area contributed by atoms with E-state index in [0.717, 1.165) is 13.0 Å². The topological polar surface area (TPSA) is 50.4 Å². The van der Waals surface area contributed by atoms with Crippen LogP contribution >= 0.6 is 0 Å². The van der Waals surface area contributed by atoms with E-state index in [-0.39, 0.29) is 29.2 Å². The maximum Gasteiger partial charge on any atom is 0.319 e. The zero-order valence-corrected chi connectivity index (χ0v) is 12.6. The maximum absolute atomic E-state index is 12.7. The number of ether oxygens (including phenoxy) is 1. The number of nitrogens with one attached hydrogen (secondary N) is 2. The number of rotatable bonds is 3. The molecular weight excluding hydrogens is 290 g/mol. The van der Waals surface area contributed by atoms with Crippen molar-refractivity contribution in [3.8, 4) is 0 Å². The Balaban J connectivity index is 1.62. The minimum atomic E-state index is -2.55. The fourth-order valence-electron chi connectivity index (χ4n) is 3.68. The van der Waals surface area contributed by atoms with Crippen molar-refractivity contribution in [2.75, 3.05) is 11.9 Å². The predicted molar refractivity (Wildman–Crippen MR) is 79.0 cm³/mol. The third-order valence-electron chi connectivity index (χ3n) is 4.78. The van der Waals surface area contributed by atoms with Crippen molar-refractivity contribution >= 4 is 11.7 Å². The molecule has 1 aliphatic heterocycles. The number of carbonyl (C=O) groups is 1. The summed E-state index contributed by atoms with van der Waals surface area (Å²) < 4.78 is 31.0. The molecule has 1 aromatic rings. The molecular formula is C16H20F2N2O2. The Kier molecular flexibility index (Phi) is 3.80. The predicted octanol–water partition coefficient (Wildman–Crippen LogP) is 3.56. The monoisotopic (exact) mass is 310 g/mol. The molecule has 0 aromatic heterocycles. The molecule has 1 saturated carbocycles. The number of fused-ring (bicyclic) bond motifs is 1. The van der Waals surface area contributed by atoms with Gasteiger partial charge in [0.15, 0.2) is 0 Å². The molecule has 1 saturated heterocycles. The molecule has 0 unspecified atom stereocenters. The second-order valence-corrected chi connectivity index (χ2v) is 6.57. The molecule has 4 nitrogen and oxygen atoms in total. The van der Waals surface area contributed by atoms with Gasteiger partial charge in [-0.2, -0.15) is 0 Å². The van der Waals surface area contributed by atoms with E-state index in [1.54, 1.807) is 6.07 Å². The Hall–Kier alpha value is -1.69. The van der Waals surface area contributed by atoms with E-state index >= 15 is 0 Å². The van der Waals surface area contributed by atoms with E-state index < -0.39 is 6.43 Å². The summed E-state index contributed by atoms with van der Waals surface area (Å²) in [5.74, 6) is 0.341. The van der Waals surface area contributed by atoms with Crippen LogP contribution < -0.4 is 10.6 Å². The van der Waals surface area contributed by atoms with Crippen molar-refractivity contribution in [1.82, 2.24) is 5.32 Å². The van der Waals surface area contributed by atoms with Gasteiger partial charge in [0.25, 0.3) is 6.43 Å². The summed E-state index contributed by atoms with van der Waals surface area (Å²) in [5.41, 5.74) is 0.154. The van der Waals surface area contributed by atoms with Gasteiger partial charge in [-0.25, -0.2) is 13.6 Å². The molecule has 6 heteroatoms. The number of carbonyl (C=O) groups excluding carboxylic acids is 1. The Bertz CT molecular complexity index is 577. The SMILES string of the molecule is CC1(C)[C@H](NC(=O)Nc2cccc(C(F)F)c2)[C@H]2CCO[C@H]21. The first-order valence-corrected chi connectivity index (χ1v) is 7.47. The standard InChI is InChI=1S/C16H20F2N2O2/c1-16(2)12(11-6-7-22-13(11)16)20-15(21)19-10-5-3-4-9(8-10)14(17)18/h3-5,8,11-14H,6-7H2,1-2H3,(H2,19,20,21)/t11-,12-,13-/m1/s1. The van der Waals surface area contributed by atoms with E-state index in [1.807, 2.05) is 0 Å². The molecule has 2 aliphatic rings. The summed E-state index contributed by atoms with van der Waals surface area (Å²) in [6.07, 6.45) is -1.41. The van der Waals surface area contributed by atoms with Crippen LogP contribution in [0.3, 0.4) is 0 Å². The van der Waals surface area contributed by atoms with Crippen molar-refractivity contribution < 1.29 is 18.3 Å². The van der Waals surface area contributed by atoms with E-state index in [0.29, 0.717) is 11.6 Å². The highest BCUT2D eigenvalue weighted by molar-refractivity contribution is 5.89. The van der Waals surface area contributed by atoms with Gasteiger partial charge in [0.2, 0.25) is 0 Å². The van der Waals surface area contributed by atoms with Crippen LogP contribution in [0.15, 0.2) is 24.3 Å². The molecule has 2 fully saturated rings. The highest BCUT2D eigenvalue weighted by atomic mass is 19.3. The third-order valence-corrected chi connectivity index (χ3v) is 4.78. The average molecular weight is 310 g/mol. The minimum absolute atomic E-state index is 0.0401. The average Bonchev–Trinajstić information content (AvgIpc) is 2.92. The number of hydrogen-bond acceptors (Lipinski definition) is 2. The van der Waals surface area contributed by atoms with Crippen molar-refractivity contribution in [2.45, 2.75) is 38.8 Å². The Morgan fingerprint density at radius 3 is 2.91 bits per heavy atom. The van der Waals surface area contributed by atoms with E-state index in [1.165, 1.54) is 18.2 Å².